The van der Waals surface area contributed by atoms with Crippen LogP contribution in [0.5, 0.6) is 0 Å². The zero-order chi connectivity index (χ0) is 10.5. The number of aryl methyl sites for hydroxylation is 1. The average molecular weight is 209 g/mol. The number of ether oxygens (including phenoxy) is 1. The summed E-state index contributed by atoms with van der Waals surface area (Å²) in [7, 11) is 2.02. The number of nitrogens with one attached hydrogen (secondary N) is 1. The van der Waals surface area contributed by atoms with E-state index >= 15 is 0 Å². The van der Waals surface area contributed by atoms with Crippen molar-refractivity contribution in [3.63, 3.8) is 0 Å². The van der Waals surface area contributed by atoms with E-state index in [-0.39, 0.29) is 0 Å². The summed E-state index contributed by atoms with van der Waals surface area (Å²) in [6, 6.07) is 0. The van der Waals surface area contributed by atoms with Crippen molar-refractivity contribution in [1.29, 1.82) is 0 Å². The normalized spacial score (nSPS) is 18.2. The third-order valence-electron chi connectivity index (χ3n) is 2.89. The summed E-state index contributed by atoms with van der Waals surface area (Å²) in [5.41, 5.74) is 0. The van der Waals surface area contributed by atoms with Crippen LogP contribution in [0.3, 0.4) is 0 Å². The number of piperidine rings is 1. The summed E-state index contributed by atoms with van der Waals surface area (Å²) in [5.74, 6) is 1.10. The molecule has 84 valence electrons. The van der Waals surface area contributed by atoms with E-state index in [1.807, 2.05) is 24.0 Å². The van der Waals surface area contributed by atoms with Gasteiger partial charge in [-0.05, 0) is 25.9 Å². The minimum Gasteiger partial charge on any atom is -0.378 e. The molecule has 1 fully saturated rings. The van der Waals surface area contributed by atoms with Gasteiger partial charge in [0.2, 0.25) is 0 Å². The molecular weight excluding hydrogens is 190 g/mol. The summed E-state index contributed by atoms with van der Waals surface area (Å²) in [6.45, 7) is 2.97. The van der Waals surface area contributed by atoms with E-state index in [2.05, 4.69) is 10.3 Å². The van der Waals surface area contributed by atoms with Gasteiger partial charge in [0.1, 0.15) is 5.82 Å². The molecule has 1 aromatic heterocycles. The molecule has 2 rings (SSSR count). The van der Waals surface area contributed by atoms with Gasteiger partial charge in [-0.3, -0.25) is 0 Å². The smallest absolute Gasteiger partial charge is 0.110 e. The van der Waals surface area contributed by atoms with E-state index in [9.17, 15) is 0 Å². The Labute approximate surface area is 90.6 Å². The van der Waals surface area contributed by atoms with Crippen LogP contribution in [0.2, 0.25) is 0 Å². The molecule has 0 aliphatic carbocycles. The molecule has 1 aliphatic rings. The lowest BCUT2D eigenvalue weighted by molar-refractivity contribution is 0.0340. The molecule has 0 spiro atoms. The molecule has 1 aromatic rings. The fraction of sp³-hybridized carbons (Fsp3) is 0.727. The van der Waals surface area contributed by atoms with E-state index in [0.29, 0.717) is 6.10 Å². The Morgan fingerprint density at radius 1 is 1.53 bits per heavy atom. The second kappa shape index (κ2) is 5.28. The maximum atomic E-state index is 5.82. The van der Waals surface area contributed by atoms with Gasteiger partial charge < -0.3 is 14.6 Å². The second-order valence-electron chi connectivity index (χ2n) is 4.02. The van der Waals surface area contributed by atoms with Crippen LogP contribution in [-0.4, -0.2) is 35.4 Å². The van der Waals surface area contributed by atoms with Crippen molar-refractivity contribution < 1.29 is 4.74 Å². The number of hydrogen-bond acceptors (Lipinski definition) is 3. The van der Waals surface area contributed by atoms with Crippen molar-refractivity contribution in [3.05, 3.63) is 18.2 Å². The quantitative estimate of drug-likeness (QED) is 0.794. The van der Waals surface area contributed by atoms with Crippen molar-refractivity contribution in [3.8, 4) is 0 Å². The van der Waals surface area contributed by atoms with Crippen LogP contribution in [0.4, 0.5) is 0 Å². The summed E-state index contributed by atoms with van der Waals surface area (Å²) >= 11 is 0. The third-order valence-corrected chi connectivity index (χ3v) is 2.89. The van der Waals surface area contributed by atoms with Gasteiger partial charge in [-0.25, -0.2) is 4.98 Å². The predicted molar refractivity (Wildman–Crippen MR) is 58.8 cm³/mol. The highest BCUT2D eigenvalue weighted by atomic mass is 16.5. The standard InChI is InChI=1S/C11H19N3O/c1-14-8-7-13-11(14)4-9-15-10-2-5-12-6-3-10/h7-8,10,12H,2-6,9H2,1H3. The number of hydrogen-bond donors (Lipinski definition) is 1. The van der Waals surface area contributed by atoms with Crippen LogP contribution >= 0.6 is 0 Å². The van der Waals surface area contributed by atoms with Gasteiger partial charge in [-0.1, -0.05) is 0 Å². The predicted octanol–water partition coefficient (Wildman–Crippen LogP) is 0.731. The van der Waals surface area contributed by atoms with Gasteiger partial charge in [0.15, 0.2) is 0 Å². The number of nitrogens with zero attached hydrogens (tertiary/aromatic N) is 2. The van der Waals surface area contributed by atoms with Crippen LogP contribution in [0.15, 0.2) is 12.4 Å². The Morgan fingerprint density at radius 3 is 3.00 bits per heavy atom. The molecular formula is C11H19N3O. The highest BCUT2D eigenvalue weighted by Crippen LogP contribution is 2.07. The van der Waals surface area contributed by atoms with E-state index in [1.165, 1.54) is 0 Å². The molecule has 2 heterocycles. The first-order valence-corrected chi connectivity index (χ1v) is 5.65. The Kier molecular flexibility index (Phi) is 3.75. The number of imidazole rings is 1. The van der Waals surface area contributed by atoms with E-state index in [1.54, 1.807) is 0 Å². The second-order valence-corrected chi connectivity index (χ2v) is 4.02. The zero-order valence-electron chi connectivity index (χ0n) is 9.28. The summed E-state index contributed by atoms with van der Waals surface area (Å²) in [4.78, 5) is 4.27. The fourth-order valence-electron chi connectivity index (χ4n) is 1.92. The lowest BCUT2D eigenvalue weighted by Gasteiger charge is -2.22. The van der Waals surface area contributed by atoms with Gasteiger partial charge in [0, 0.05) is 25.9 Å². The first-order valence-electron chi connectivity index (χ1n) is 5.65. The minimum atomic E-state index is 0.450. The molecule has 0 saturated carbocycles. The fourth-order valence-corrected chi connectivity index (χ4v) is 1.92. The Hall–Kier alpha value is -0.870. The van der Waals surface area contributed by atoms with Gasteiger partial charge in [0.05, 0.1) is 12.7 Å². The molecule has 0 amide bonds. The minimum absolute atomic E-state index is 0.450. The van der Waals surface area contributed by atoms with Gasteiger partial charge >= 0.3 is 0 Å². The molecule has 4 nitrogen and oxygen atoms in total. The lowest BCUT2D eigenvalue weighted by atomic mass is 10.1. The molecule has 15 heavy (non-hydrogen) atoms. The molecule has 0 bridgehead atoms. The van der Waals surface area contributed by atoms with Crippen LogP contribution < -0.4 is 5.32 Å². The van der Waals surface area contributed by atoms with Crippen LogP contribution in [0.1, 0.15) is 18.7 Å². The highest BCUT2D eigenvalue weighted by molar-refractivity contribution is 4.90. The lowest BCUT2D eigenvalue weighted by Crippen LogP contribution is -2.32. The monoisotopic (exact) mass is 209 g/mol. The summed E-state index contributed by atoms with van der Waals surface area (Å²) in [5, 5.41) is 3.33. The van der Waals surface area contributed by atoms with Crippen LogP contribution in [-0.2, 0) is 18.2 Å². The first-order chi connectivity index (χ1) is 7.36. The van der Waals surface area contributed by atoms with Gasteiger partial charge in [-0.2, -0.15) is 0 Å². The SMILES string of the molecule is Cn1ccnc1CCOC1CCNCC1. The molecule has 0 unspecified atom stereocenters. The van der Waals surface area contributed by atoms with Crippen molar-refractivity contribution in [2.45, 2.75) is 25.4 Å². The van der Waals surface area contributed by atoms with Crippen LogP contribution in [0.25, 0.3) is 0 Å². The average Bonchev–Trinajstić information content (AvgIpc) is 2.66. The number of rotatable bonds is 4. The van der Waals surface area contributed by atoms with Gasteiger partial charge in [0.25, 0.3) is 0 Å². The number of aromatic nitrogens is 2. The molecule has 1 saturated heterocycles. The third kappa shape index (κ3) is 3.04. The first kappa shape index (κ1) is 10.6. The molecule has 1 aliphatic heterocycles. The Morgan fingerprint density at radius 2 is 2.33 bits per heavy atom. The van der Waals surface area contributed by atoms with Gasteiger partial charge in [-0.15, -0.1) is 0 Å². The maximum absolute atomic E-state index is 5.82. The Balaban J connectivity index is 1.68. The largest absolute Gasteiger partial charge is 0.378 e. The van der Waals surface area contributed by atoms with E-state index in [0.717, 1.165) is 44.8 Å². The molecule has 0 aromatic carbocycles. The van der Waals surface area contributed by atoms with Crippen LogP contribution in [0, 0.1) is 0 Å². The van der Waals surface area contributed by atoms with E-state index in [4.69, 9.17) is 4.74 Å². The van der Waals surface area contributed by atoms with Crippen molar-refractivity contribution in [1.82, 2.24) is 14.9 Å². The highest BCUT2D eigenvalue weighted by Gasteiger charge is 2.13. The summed E-state index contributed by atoms with van der Waals surface area (Å²) in [6.07, 6.45) is 7.44. The van der Waals surface area contributed by atoms with E-state index < -0.39 is 0 Å². The molecule has 1 N–H and O–H groups in total. The topological polar surface area (TPSA) is 39.1 Å². The van der Waals surface area contributed by atoms with Crippen molar-refractivity contribution in [2.75, 3.05) is 19.7 Å². The molecule has 4 heteroatoms. The zero-order valence-corrected chi connectivity index (χ0v) is 9.28. The van der Waals surface area contributed by atoms with Crippen molar-refractivity contribution in [2.24, 2.45) is 7.05 Å². The van der Waals surface area contributed by atoms with Crippen molar-refractivity contribution >= 4 is 0 Å². The maximum Gasteiger partial charge on any atom is 0.110 e. The summed E-state index contributed by atoms with van der Waals surface area (Å²) < 4.78 is 7.87. The molecule has 0 atom stereocenters. The molecule has 0 radical (unpaired) electrons. The Bertz CT molecular complexity index is 292.